The Morgan fingerprint density at radius 3 is 2.65 bits per heavy atom. The third kappa shape index (κ3) is 4.05. The highest BCUT2D eigenvalue weighted by Gasteiger charge is 2.12. The maximum absolute atomic E-state index is 10.9. The van der Waals surface area contributed by atoms with Gasteiger partial charge in [0, 0.05) is 19.2 Å². The zero-order valence-corrected chi connectivity index (χ0v) is 11.6. The van der Waals surface area contributed by atoms with Gasteiger partial charge < -0.3 is 10.0 Å². The van der Waals surface area contributed by atoms with E-state index in [4.69, 9.17) is 5.11 Å². The number of hydrogen-bond donors (Lipinski definition) is 1. The average Bonchev–Trinajstić information content (AvgIpc) is 2.32. The van der Waals surface area contributed by atoms with Gasteiger partial charge in [0.2, 0.25) is 0 Å². The Kier molecular flexibility index (Phi) is 5.50. The van der Waals surface area contributed by atoms with E-state index >= 15 is 0 Å². The predicted octanol–water partition coefficient (Wildman–Crippen LogP) is 1.82. The highest BCUT2D eigenvalue weighted by Crippen LogP contribution is 2.13. The lowest BCUT2D eigenvalue weighted by Gasteiger charge is -2.17. The van der Waals surface area contributed by atoms with E-state index in [1.807, 2.05) is 0 Å². The van der Waals surface area contributed by atoms with Crippen LogP contribution < -0.4 is 0 Å². The Hall–Kier alpha value is -1.01. The van der Waals surface area contributed by atoms with Gasteiger partial charge in [-0.3, -0.25) is 0 Å². The van der Waals surface area contributed by atoms with Gasteiger partial charge in [-0.25, -0.2) is 14.8 Å². The first kappa shape index (κ1) is 14.1. The summed E-state index contributed by atoms with van der Waals surface area (Å²) in [6, 6.07) is 0. The van der Waals surface area contributed by atoms with Gasteiger partial charge in [-0.15, -0.1) is 0 Å². The van der Waals surface area contributed by atoms with Crippen molar-refractivity contribution in [3.8, 4) is 0 Å². The largest absolute Gasteiger partial charge is 0.476 e. The molecule has 0 aliphatic heterocycles. The van der Waals surface area contributed by atoms with Crippen molar-refractivity contribution in [3.63, 3.8) is 0 Å². The van der Waals surface area contributed by atoms with Gasteiger partial charge in [0.05, 0.1) is 4.47 Å². The summed E-state index contributed by atoms with van der Waals surface area (Å²) in [6.07, 6.45) is 2.16. The third-order valence-electron chi connectivity index (χ3n) is 2.54. The van der Waals surface area contributed by atoms with Crippen LogP contribution >= 0.6 is 15.9 Å². The SMILES string of the molecule is CCN(CC)CCc1ncc(Br)c(C(=O)O)n1. The minimum absolute atomic E-state index is 0.0227. The summed E-state index contributed by atoms with van der Waals surface area (Å²) in [5.74, 6) is -0.471. The van der Waals surface area contributed by atoms with Crippen LogP contribution in [0.5, 0.6) is 0 Å². The van der Waals surface area contributed by atoms with Crippen molar-refractivity contribution in [2.24, 2.45) is 0 Å². The smallest absolute Gasteiger partial charge is 0.355 e. The van der Waals surface area contributed by atoms with E-state index in [9.17, 15) is 4.79 Å². The molecule has 1 rings (SSSR count). The van der Waals surface area contributed by atoms with Crippen molar-refractivity contribution in [1.29, 1.82) is 0 Å². The van der Waals surface area contributed by atoms with Crippen molar-refractivity contribution in [3.05, 3.63) is 22.2 Å². The highest BCUT2D eigenvalue weighted by molar-refractivity contribution is 9.10. The second-order valence-electron chi connectivity index (χ2n) is 3.56. The van der Waals surface area contributed by atoms with Crippen LogP contribution in [-0.4, -0.2) is 45.6 Å². The van der Waals surface area contributed by atoms with Crippen LogP contribution in [0.15, 0.2) is 10.7 Å². The molecule has 0 fully saturated rings. The Balaban J connectivity index is 2.72. The second-order valence-corrected chi connectivity index (χ2v) is 4.42. The highest BCUT2D eigenvalue weighted by atomic mass is 79.9. The fraction of sp³-hybridized carbons (Fsp3) is 0.545. The van der Waals surface area contributed by atoms with Gasteiger partial charge in [-0.05, 0) is 29.0 Å². The van der Waals surface area contributed by atoms with Gasteiger partial charge in [0.15, 0.2) is 5.69 Å². The molecule has 0 atom stereocenters. The number of carboxylic acids is 1. The van der Waals surface area contributed by atoms with Crippen molar-refractivity contribution < 1.29 is 9.90 Å². The Morgan fingerprint density at radius 1 is 1.47 bits per heavy atom. The fourth-order valence-corrected chi connectivity index (χ4v) is 1.83. The van der Waals surface area contributed by atoms with Gasteiger partial charge in [0.1, 0.15) is 5.82 Å². The molecule has 0 saturated carbocycles. The monoisotopic (exact) mass is 301 g/mol. The maximum Gasteiger partial charge on any atom is 0.355 e. The molecule has 0 aromatic carbocycles. The van der Waals surface area contributed by atoms with Crippen LogP contribution in [0.3, 0.4) is 0 Å². The van der Waals surface area contributed by atoms with Crippen LogP contribution in [0.1, 0.15) is 30.2 Å². The summed E-state index contributed by atoms with van der Waals surface area (Å²) in [4.78, 5) is 21.3. The summed E-state index contributed by atoms with van der Waals surface area (Å²) in [5, 5.41) is 8.93. The third-order valence-corrected chi connectivity index (χ3v) is 3.12. The minimum atomic E-state index is -1.04. The molecule has 5 nitrogen and oxygen atoms in total. The molecule has 0 spiro atoms. The van der Waals surface area contributed by atoms with E-state index in [2.05, 4.69) is 44.6 Å². The van der Waals surface area contributed by atoms with Crippen LogP contribution in [0.2, 0.25) is 0 Å². The molecular formula is C11H16BrN3O2. The number of rotatable bonds is 6. The quantitative estimate of drug-likeness (QED) is 0.868. The van der Waals surface area contributed by atoms with Gasteiger partial charge >= 0.3 is 5.97 Å². The van der Waals surface area contributed by atoms with Gasteiger partial charge in [-0.1, -0.05) is 13.8 Å². The molecule has 0 aliphatic carbocycles. The first-order valence-corrected chi connectivity index (χ1v) is 6.34. The van der Waals surface area contributed by atoms with E-state index in [0.29, 0.717) is 16.7 Å². The minimum Gasteiger partial charge on any atom is -0.476 e. The molecule has 0 saturated heterocycles. The van der Waals surface area contributed by atoms with Crippen molar-refractivity contribution in [2.75, 3.05) is 19.6 Å². The number of carboxylic acid groups (broad SMARTS) is 1. The zero-order chi connectivity index (χ0) is 12.8. The maximum atomic E-state index is 10.9. The first-order valence-electron chi connectivity index (χ1n) is 5.55. The Morgan fingerprint density at radius 2 is 2.12 bits per heavy atom. The number of carbonyl (C=O) groups is 1. The van der Waals surface area contributed by atoms with E-state index in [-0.39, 0.29) is 5.69 Å². The predicted molar refractivity (Wildman–Crippen MR) is 68.2 cm³/mol. The topological polar surface area (TPSA) is 66.3 Å². The average molecular weight is 302 g/mol. The molecule has 0 amide bonds. The van der Waals surface area contributed by atoms with Crippen LogP contribution in [-0.2, 0) is 6.42 Å². The van der Waals surface area contributed by atoms with Crippen molar-refractivity contribution >= 4 is 21.9 Å². The fourth-order valence-electron chi connectivity index (χ4n) is 1.47. The molecule has 1 N–H and O–H groups in total. The Labute approximate surface area is 109 Å². The molecule has 1 heterocycles. The lowest BCUT2D eigenvalue weighted by Crippen LogP contribution is -2.26. The molecule has 17 heavy (non-hydrogen) atoms. The number of aromatic carboxylic acids is 1. The molecule has 1 aromatic heterocycles. The van der Waals surface area contributed by atoms with Crippen molar-refractivity contribution in [2.45, 2.75) is 20.3 Å². The van der Waals surface area contributed by atoms with E-state index in [1.165, 1.54) is 6.20 Å². The second kappa shape index (κ2) is 6.66. The Bertz CT molecular complexity index is 394. The summed E-state index contributed by atoms with van der Waals surface area (Å²) in [5.41, 5.74) is 0.0227. The molecular weight excluding hydrogens is 286 g/mol. The zero-order valence-electron chi connectivity index (χ0n) is 9.98. The lowest BCUT2D eigenvalue weighted by molar-refractivity contribution is 0.0688. The van der Waals surface area contributed by atoms with E-state index < -0.39 is 5.97 Å². The summed E-state index contributed by atoms with van der Waals surface area (Å²) in [7, 11) is 0. The molecule has 0 bridgehead atoms. The number of hydrogen-bond acceptors (Lipinski definition) is 4. The number of nitrogens with zero attached hydrogens (tertiary/aromatic N) is 3. The number of likely N-dealkylation sites (N-methyl/N-ethyl adjacent to an activating group) is 1. The summed E-state index contributed by atoms with van der Waals surface area (Å²) in [6.45, 7) is 6.97. The molecule has 1 aromatic rings. The molecule has 0 unspecified atom stereocenters. The molecule has 0 aliphatic rings. The standard InChI is InChI=1S/C11H16BrN3O2/c1-3-15(4-2)6-5-9-13-7-8(12)10(14-9)11(16)17/h7H,3-6H2,1-2H3,(H,16,17). The summed E-state index contributed by atoms with van der Waals surface area (Å²) >= 11 is 3.12. The summed E-state index contributed by atoms with van der Waals surface area (Å²) < 4.78 is 0.414. The number of halogens is 1. The van der Waals surface area contributed by atoms with Gasteiger partial charge in [-0.2, -0.15) is 0 Å². The molecule has 6 heteroatoms. The lowest BCUT2D eigenvalue weighted by atomic mass is 10.3. The number of aromatic nitrogens is 2. The van der Waals surface area contributed by atoms with E-state index in [1.54, 1.807) is 0 Å². The molecule has 94 valence electrons. The molecule has 0 radical (unpaired) electrons. The van der Waals surface area contributed by atoms with Gasteiger partial charge in [0.25, 0.3) is 0 Å². The van der Waals surface area contributed by atoms with E-state index in [0.717, 1.165) is 19.6 Å². The van der Waals surface area contributed by atoms with Crippen molar-refractivity contribution in [1.82, 2.24) is 14.9 Å². The van der Waals surface area contributed by atoms with Crippen LogP contribution in [0, 0.1) is 0 Å². The normalized spacial score (nSPS) is 10.8. The first-order chi connectivity index (χ1) is 8.08. The van der Waals surface area contributed by atoms with Crippen LogP contribution in [0.25, 0.3) is 0 Å². The van der Waals surface area contributed by atoms with Crippen LogP contribution in [0.4, 0.5) is 0 Å².